The number of piperidine rings is 1. The molecule has 4 rings (SSSR count). The average Bonchev–Trinajstić information content (AvgIpc) is 3.06. The zero-order chi connectivity index (χ0) is 20.6. The van der Waals surface area contributed by atoms with E-state index in [0.717, 1.165) is 24.0 Å². The van der Waals surface area contributed by atoms with Crippen molar-refractivity contribution in [3.63, 3.8) is 0 Å². The van der Waals surface area contributed by atoms with Crippen LogP contribution in [0, 0.1) is 0 Å². The molecule has 8 heteroatoms. The summed E-state index contributed by atoms with van der Waals surface area (Å²) in [6.07, 6.45) is 2.36. The van der Waals surface area contributed by atoms with Gasteiger partial charge in [-0.3, -0.25) is 24.6 Å². The van der Waals surface area contributed by atoms with E-state index in [-0.39, 0.29) is 29.7 Å². The van der Waals surface area contributed by atoms with Crippen LogP contribution < -0.4 is 11.1 Å². The molecule has 1 aromatic carbocycles. The van der Waals surface area contributed by atoms with Gasteiger partial charge >= 0.3 is 0 Å². The normalized spacial score (nSPS) is 24.0. The monoisotopic (exact) mass is 400 g/mol. The third-order valence-corrected chi connectivity index (χ3v) is 6.66. The van der Waals surface area contributed by atoms with Crippen LogP contribution in [0.25, 0.3) is 0 Å². The van der Waals surface area contributed by atoms with E-state index >= 15 is 0 Å². The molecule has 2 fully saturated rings. The highest BCUT2D eigenvalue weighted by Gasteiger charge is 2.41. The van der Waals surface area contributed by atoms with Crippen molar-refractivity contribution in [2.75, 3.05) is 26.8 Å². The van der Waals surface area contributed by atoms with Gasteiger partial charge in [-0.1, -0.05) is 18.2 Å². The molecule has 8 nitrogen and oxygen atoms in total. The molecule has 0 aromatic heterocycles. The summed E-state index contributed by atoms with van der Waals surface area (Å²) in [5, 5.41) is 2.35. The van der Waals surface area contributed by atoms with Gasteiger partial charge in [-0.2, -0.15) is 0 Å². The van der Waals surface area contributed by atoms with Crippen molar-refractivity contribution in [1.82, 2.24) is 15.1 Å². The van der Waals surface area contributed by atoms with Gasteiger partial charge in [-0.25, -0.2) is 0 Å². The average molecular weight is 400 g/mol. The van der Waals surface area contributed by atoms with Gasteiger partial charge in [0.15, 0.2) is 0 Å². The molecule has 0 bridgehead atoms. The molecule has 3 aliphatic heterocycles. The van der Waals surface area contributed by atoms with E-state index in [2.05, 4.69) is 17.3 Å². The highest BCUT2D eigenvalue weighted by atomic mass is 16.5. The SMILES string of the molecule is CN(Cc1cccc2c1C(=O)N(C1CCC(=O)NC1=O)C2)C1(CN)CCOCC1. The van der Waals surface area contributed by atoms with E-state index in [1.807, 2.05) is 18.2 Å². The minimum absolute atomic E-state index is 0.132. The Kier molecular flexibility index (Phi) is 5.42. The van der Waals surface area contributed by atoms with Crippen LogP contribution in [-0.2, 0) is 27.4 Å². The molecular formula is C21H28N4O4. The number of ether oxygens (including phenoxy) is 1. The summed E-state index contributed by atoms with van der Waals surface area (Å²) in [5.74, 6) is -0.793. The Morgan fingerprint density at radius 2 is 2.03 bits per heavy atom. The smallest absolute Gasteiger partial charge is 0.255 e. The first-order valence-electron chi connectivity index (χ1n) is 10.2. The number of carbonyl (C=O) groups is 3. The molecule has 0 saturated carbocycles. The number of hydrogen-bond donors (Lipinski definition) is 2. The second-order valence-electron chi connectivity index (χ2n) is 8.25. The Morgan fingerprint density at radius 3 is 2.72 bits per heavy atom. The lowest BCUT2D eigenvalue weighted by molar-refractivity contribution is -0.136. The predicted octanol–water partition coefficient (Wildman–Crippen LogP) is 0.387. The number of fused-ring (bicyclic) bond motifs is 1. The van der Waals surface area contributed by atoms with E-state index < -0.39 is 6.04 Å². The summed E-state index contributed by atoms with van der Waals surface area (Å²) >= 11 is 0. The van der Waals surface area contributed by atoms with E-state index in [4.69, 9.17) is 10.5 Å². The van der Waals surface area contributed by atoms with E-state index in [0.29, 0.717) is 44.8 Å². The zero-order valence-corrected chi connectivity index (χ0v) is 16.8. The minimum Gasteiger partial charge on any atom is -0.381 e. The van der Waals surface area contributed by atoms with Gasteiger partial charge in [0.1, 0.15) is 6.04 Å². The predicted molar refractivity (Wildman–Crippen MR) is 106 cm³/mol. The summed E-state index contributed by atoms with van der Waals surface area (Å²) in [5.41, 5.74) is 8.56. The first kappa shape index (κ1) is 20.0. The molecule has 2 saturated heterocycles. The molecular weight excluding hydrogens is 372 g/mol. The molecule has 3 heterocycles. The van der Waals surface area contributed by atoms with Gasteiger partial charge in [0, 0.05) is 50.4 Å². The van der Waals surface area contributed by atoms with Crippen LogP contribution >= 0.6 is 0 Å². The van der Waals surface area contributed by atoms with Crippen LogP contribution in [0.15, 0.2) is 18.2 Å². The van der Waals surface area contributed by atoms with Crippen molar-refractivity contribution in [3.8, 4) is 0 Å². The molecule has 1 aromatic rings. The number of nitrogens with two attached hydrogens (primary N) is 1. The molecule has 0 spiro atoms. The molecule has 156 valence electrons. The Bertz CT molecular complexity index is 834. The molecule has 0 aliphatic carbocycles. The molecule has 0 radical (unpaired) electrons. The Labute approximate surface area is 170 Å². The summed E-state index contributed by atoms with van der Waals surface area (Å²) in [6.45, 7) is 2.93. The zero-order valence-electron chi connectivity index (χ0n) is 16.8. The molecule has 3 amide bonds. The maximum absolute atomic E-state index is 13.2. The van der Waals surface area contributed by atoms with Crippen molar-refractivity contribution in [2.45, 2.75) is 50.4 Å². The van der Waals surface area contributed by atoms with Gasteiger partial charge in [0.05, 0.1) is 0 Å². The first-order chi connectivity index (χ1) is 13.9. The largest absolute Gasteiger partial charge is 0.381 e. The molecule has 3 aliphatic rings. The number of carbonyl (C=O) groups excluding carboxylic acids is 3. The standard InChI is InChI=1S/C21H28N4O4/c1-24(21(13-22)7-9-29-10-8-21)11-14-3-2-4-15-12-25(20(28)18(14)15)16-5-6-17(26)23-19(16)27/h2-4,16H,5-13,22H2,1H3,(H,23,26,27). The van der Waals surface area contributed by atoms with Gasteiger partial charge in [-0.05, 0) is 37.4 Å². The molecule has 1 atom stereocenters. The number of amides is 3. The van der Waals surface area contributed by atoms with Crippen molar-refractivity contribution < 1.29 is 19.1 Å². The van der Waals surface area contributed by atoms with Crippen LogP contribution in [-0.4, -0.2) is 65.9 Å². The van der Waals surface area contributed by atoms with Gasteiger partial charge < -0.3 is 15.4 Å². The van der Waals surface area contributed by atoms with Crippen LogP contribution in [0.4, 0.5) is 0 Å². The molecule has 29 heavy (non-hydrogen) atoms. The van der Waals surface area contributed by atoms with Gasteiger partial charge in [0.2, 0.25) is 11.8 Å². The lowest BCUT2D eigenvalue weighted by Crippen LogP contribution is -2.55. The van der Waals surface area contributed by atoms with Crippen LogP contribution in [0.3, 0.4) is 0 Å². The summed E-state index contributed by atoms with van der Waals surface area (Å²) in [4.78, 5) is 40.8. The number of nitrogens with zero attached hydrogens (tertiary/aromatic N) is 2. The van der Waals surface area contributed by atoms with E-state index in [9.17, 15) is 14.4 Å². The van der Waals surface area contributed by atoms with E-state index in [1.165, 1.54) is 0 Å². The number of hydrogen-bond acceptors (Lipinski definition) is 6. The minimum atomic E-state index is -0.593. The number of benzene rings is 1. The first-order valence-corrected chi connectivity index (χ1v) is 10.2. The summed E-state index contributed by atoms with van der Waals surface area (Å²) in [7, 11) is 2.05. The Hall–Kier alpha value is -2.29. The van der Waals surface area contributed by atoms with Crippen molar-refractivity contribution in [2.24, 2.45) is 5.73 Å². The second-order valence-corrected chi connectivity index (χ2v) is 8.25. The summed E-state index contributed by atoms with van der Waals surface area (Å²) in [6, 6.07) is 5.28. The maximum atomic E-state index is 13.2. The number of rotatable bonds is 5. The van der Waals surface area contributed by atoms with Gasteiger partial charge in [0.25, 0.3) is 5.91 Å². The number of imide groups is 1. The maximum Gasteiger partial charge on any atom is 0.255 e. The van der Waals surface area contributed by atoms with Crippen LogP contribution in [0.2, 0.25) is 0 Å². The number of likely N-dealkylation sites (N-methyl/N-ethyl adjacent to an activating group) is 1. The fourth-order valence-corrected chi connectivity index (χ4v) is 4.74. The van der Waals surface area contributed by atoms with Crippen molar-refractivity contribution in [3.05, 3.63) is 34.9 Å². The van der Waals surface area contributed by atoms with E-state index in [1.54, 1.807) is 4.90 Å². The lowest BCUT2D eigenvalue weighted by Gasteiger charge is -2.44. The number of nitrogens with one attached hydrogen (secondary N) is 1. The summed E-state index contributed by atoms with van der Waals surface area (Å²) < 4.78 is 5.51. The molecule has 1 unspecified atom stereocenters. The fourth-order valence-electron chi connectivity index (χ4n) is 4.74. The van der Waals surface area contributed by atoms with Crippen molar-refractivity contribution >= 4 is 17.7 Å². The third-order valence-electron chi connectivity index (χ3n) is 6.66. The fraction of sp³-hybridized carbons (Fsp3) is 0.571. The Balaban J connectivity index is 1.56. The van der Waals surface area contributed by atoms with Crippen LogP contribution in [0.5, 0.6) is 0 Å². The highest BCUT2D eigenvalue weighted by Crippen LogP contribution is 2.33. The van der Waals surface area contributed by atoms with Crippen LogP contribution in [0.1, 0.15) is 47.2 Å². The second kappa shape index (κ2) is 7.85. The topological polar surface area (TPSA) is 105 Å². The lowest BCUT2D eigenvalue weighted by atomic mass is 9.87. The quantitative estimate of drug-likeness (QED) is 0.693. The van der Waals surface area contributed by atoms with Crippen molar-refractivity contribution in [1.29, 1.82) is 0 Å². The molecule has 3 N–H and O–H groups in total. The van der Waals surface area contributed by atoms with Gasteiger partial charge in [-0.15, -0.1) is 0 Å². The Morgan fingerprint density at radius 1 is 1.28 bits per heavy atom. The highest BCUT2D eigenvalue weighted by molar-refractivity contribution is 6.05. The third kappa shape index (κ3) is 3.56.